The van der Waals surface area contributed by atoms with Crippen molar-refractivity contribution < 1.29 is 14.0 Å². The van der Waals surface area contributed by atoms with Gasteiger partial charge in [0.1, 0.15) is 11.9 Å². The van der Waals surface area contributed by atoms with E-state index < -0.39 is 17.8 Å². The second kappa shape index (κ2) is 5.70. The molecule has 1 aromatic heterocycles. The zero-order valence-corrected chi connectivity index (χ0v) is 13.4. The summed E-state index contributed by atoms with van der Waals surface area (Å²) < 4.78 is 15.6. The lowest BCUT2D eigenvalue weighted by Gasteiger charge is -2.12. The molecule has 0 bridgehead atoms. The first-order valence-corrected chi connectivity index (χ1v) is 7.87. The summed E-state index contributed by atoms with van der Waals surface area (Å²) in [5.74, 6) is -0.815. The van der Waals surface area contributed by atoms with Gasteiger partial charge in [-0.1, -0.05) is 18.2 Å². The van der Waals surface area contributed by atoms with Crippen LogP contribution in [0.3, 0.4) is 0 Å². The molecule has 2 amide bonds. The molecule has 4 rings (SSSR count). The van der Waals surface area contributed by atoms with Crippen LogP contribution in [0.25, 0.3) is 11.0 Å². The van der Waals surface area contributed by atoms with Gasteiger partial charge in [-0.2, -0.15) is 0 Å². The fourth-order valence-electron chi connectivity index (χ4n) is 3.04. The van der Waals surface area contributed by atoms with E-state index in [1.807, 2.05) is 24.3 Å². The van der Waals surface area contributed by atoms with E-state index in [0.29, 0.717) is 5.95 Å². The summed E-state index contributed by atoms with van der Waals surface area (Å²) in [5.41, 5.74) is 2.38. The number of nitrogens with zero attached hydrogens (tertiary/aromatic N) is 2. The van der Waals surface area contributed by atoms with Crippen molar-refractivity contribution in [3.05, 3.63) is 53.8 Å². The number of aryl methyl sites for hydroxylation is 1. The molecule has 1 unspecified atom stereocenters. The van der Waals surface area contributed by atoms with Gasteiger partial charge in [-0.05, 0) is 36.8 Å². The summed E-state index contributed by atoms with van der Waals surface area (Å²) >= 11 is 0. The molecule has 1 aliphatic rings. The Morgan fingerprint density at radius 1 is 1.32 bits per heavy atom. The average Bonchev–Trinajstić information content (AvgIpc) is 3.06. The SMILES string of the molecule is Cc1ccc(NC(=O)CC2C(=O)Nc3nc4ccccc4n32)c(F)c1. The molecule has 6 nitrogen and oxygen atoms in total. The van der Waals surface area contributed by atoms with Crippen LogP contribution < -0.4 is 10.6 Å². The molecular weight excluding hydrogens is 323 g/mol. The predicted molar refractivity (Wildman–Crippen MR) is 91.8 cm³/mol. The second-order valence-corrected chi connectivity index (χ2v) is 6.03. The fraction of sp³-hybridized carbons (Fsp3) is 0.167. The monoisotopic (exact) mass is 338 g/mol. The highest BCUT2D eigenvalue weighted by Crippen LogP contribution is 2.32. The highest BCUT2D eigenvalue weighted by Gasteiger charge is 2.34. The number of carbonyl (C=O) groups excluding carboxylic acids is 2. The standard InChI is InChI=1S/C18H15FN4O2/c1-10-6-7-12(11(19)8-10)20-16(24)9-15-17(25)22-18-21-13-4-2-3-5-14(13)23(15)18/h2-8,15H,9H2,1H3,(H,20,24)(H,21,22,25). The molecule has 1 atom stereocenters. The third-order valence-corrected chi connectivity index (χ3v) is 4.22. The number of hydrogen-bond acceptors (Lipinski definition) is 3. The zero-order chi connectivity index (χ0) is 17.6. The van der Waals surface area contributed by atoms with E-state index in [1.54, 1.807) is 17.6 Å². The number of para-hydroxylation sites is 2. The number of hydrogen-bond donors (Lipinski definition) is 2. The number of fused-ring (bicyclic) bond motifs is 3. The molecule has 2 aromatic carbocycles. The van der Waals surface area contributed by atoms with Gasteiger partial charge in [0.15, 0.2) is 0 Å². The van der Waals surface area contributed by atoms with Gasteiger partial charge in [0.25, 0.3) is 0 Å². The van der Waals surface area contributed by atoms with Crippen LogP contribution in [0.2, 0.25) is 0 Å². The van der Waals surface area contributed by atoms with Crippen molar-refractivity contribution in [1.82, 2.24) is 9.55 Å². The van der Waals surface area contributed by atoms with Crippen molar-refractivity contribution >= 4 is 34.5 Å². The van der Waals surface area contributed by atoms with Crippen LogP contribution in [-0.2, 0) is 9.59 Å². The molecule has 126 valence electrons. The van der Waals surface area contributed by atoms with Gasteiger partial charge in [0, 0.05) is 0 Å². The second-order valence-electron chi connectivity index (χ2n) is 6.03. The van der Waals surface area contributed by atoms with Crippen molar-refractivity contribution in [2.24, 2.45) is 0 Å². The molecule has 3 aromatic rings. The molecule has 0 saturated carbocycles. The minimum absolute atomic E-state index is 0.102. The number of carbonyl (C=O) groups is 2. The van der Waals surface area contributed by atoms with Crippen LogP contribution >= 0.6 is 0 Å². The van der Waals surface area contributed by atoms with Crippen molar-refractivity contribution in [3.63, 3.8) is 0 Å². The number of benzene rings is 2. The minimum Gasteiger partial charge on any atom is -0.324 e. The third-order valence-electron chi connectivity index (χ3n) is 4.22. The van der Waals surface area contributed by atoms with Gasteiger partial charge in [0.2, 0.25) is 17.8 Å². The van der Waals surface area contributed by atoms with Crippen LogP contribution in [-0.4, -0.2) is 21.4 Å². The molecule has 0 saturated heterocycles. The number of halogens is 1. The topological polar surface area (TPSA) is 76.0 Å². The first-order chi connectivity index (χ1) is 12.0. The third kappa shape index (κ3) is 2.63. The lowest BCUT2D eigenvalue weighted by molar-refractivity contribution is -0.123. The molecule has 0 aliphatic carbocycles. The smallest absolute Gasteiger partial charge is 0.250 e. The summed E-state index contributed by atoms with van der Waals surface area (Å²) in [4.78, 5) is 28.9. The highest BCUT2D eigenvalue weighted by atomic mass is 19.1. The Hall–Kier alpha value is -3.22. The van der Waals surface area contributed by atoms with Crippen LogP contribution in [0.1, 0.15) is 18.0 Å². The number of aromatic nitrogens is 2. The molecule has 1 aliphatic heterocycles. The van der Waals surface area contributed by atoms with E-state index in [2.05, 4.69) is 15.6 Å². The van der Waals surface area contributed by atoms with Gasteiger partial charge in [-0.3, -0.25) is 19.5 Å². The molecule has 2 N–H and O–H groups in total. The van der Waals surface area contributed by atoms with Crippen LogP contribution in [0.4, 0.5) is 16.0 Å². The van der Waals surface area contributed by atoms with E-state index in [1.165, 1.54) is 12.1 Å². The van der Waals surface area contributed by atoms with Crippen LogP contribution in [0.5, 0.6) is 0 Å². The molecule has 0 spiro atoms. The van der Waals surface area contributed by atoms with E-state index in [0.717, 1.165) is 16.6 Å². The number of rotatable bonds is 3. The molecular formula is C18H15FN4O2. The summed E-state index contributed by atoms with van der Waals surface area (Å²) in [6.07, 6.45) is -0.105. The Labute approximate surface area is 142 Å². The predicted octanol–water partition coefficient (Wildman–Crippen LogP) is 3.01. The Balaban J connectivity index is 1.59. The first-order valence-electron chi connectivity index (χ1n) is 7.87. The minimum atomic E-state index is -0.712. The summed E-state index contributed by atoms with van der Waals surface area (Å²) in [7, 11) is 0. The first kappa shape index (κ1) is 15.3. The van der Waals surface area contributed by atoms with E-state index in [-0.39, 0.29) is 18.0 Å². The molecule has 7 heteroatoms. The lowest BCUT2D eigenvalue weighted by atomic mass is 10.1. The van der Waals surface area contributed by atoms with Gasteiger partial charge < -0.3 is 5.32 Å². The van der Waals surface area contributed by atoms with E-state index in [4.69, 9.17) is 0 Å². The van der Waals surface area contributed by atoms with Crippen molar-refractivity contribution in [2.75, 3.05) is 10.6 Å². The highest BCUT2D eigenvalue weighted by molar-refractivity contribution is 6.03. The van der Waals surface area contributed by atoms with Crippen molar-refractivity contribution in [1.29, 1.82) is 0 Å². The van der Waals surface area contributed by atoms with Gasteiger partial charge in [0.05, 0.1) is 23.1 Å². The van der Waals surface area contributed by atoms with Gasteiger partial charge >= 0.3 is 0 Å². The summed E-state index contributed by atoms with van der Waals surface area (Å²) in [5, 5.41) is 5.21. The number of nitrogens with one attached hydrogen (secondary N) is 2. The quantitative estimate of drug-likeness (QED) is 0.771. The maximum atomic E-state index is 13.9. The largest absolute Gasteiger partial charge is 0.324 e. The fourth-order valence-corrected chi connectivity index (χ4v) is 3.04. The molecule has 2 heterocycles. The molecule has 0 fully saturated rings. The molecule has 0 radical (unpaired) electrons. The summed E-state index contributed by atoms with van der Waals surface area (Å²) in [6.45, 7) is 1.77. The normalized spacial score (nSPS) is 15.9. The Morgan fingerprint density at radius 2 is 2.12 bits per heavy atom. The van der Waals surface area contributed by atoms with Crippen molar-refractivity contribution in [3.8, 4) is 0 Å². The van der Waals surface area contributed by atoms with Gasteiger partial charge in [-0.15, -0.1) is 0 Å². The Morgan fingerprint density at radius 3 is 2.92 bits per heavy atom. The summed E-state index contributed by atoms with van der Waals surface area (Å²) in [6, 6.07) is 11.2. The Bertz CT molecular complexity index is 1010. The van der Waals surface area contributed by atoms with Crippen molar-refractivity contribution in [2.45, 2.75) is 19.4 Å². The van der Waals surface area contributed by atoms with Gasteiger partial charge in [-0.25, -0.2) is 9.37 Å². The molecule has 25 heavy (non-hydrogen) atoms. The van der Waals surface area contributed by atoms with E-state index in [9.17, 15) is 14.0 Å². The van der Waals surface area contributed by atoms with Crippen LogP contribution in [0, 0.1) is 12.7 Å². The Kier molecular flexibility index (Phi) is 3.49. The maximum absolute atomic E-state index is 13.9. The number of amides is 2. The lowest BCUT2D eigenvalue weighted by Crippen LogP contribution is -2.23. The van der Waals surface area contributed by atoms with E-state index >= 15 is 0 Å². The average molecular weight is 338 g/mol. The number of anilines is 2. The van der Waals surface area contributed by atoms with Crippen LogP contribution in [0.15, 0.2) is 42.5 Å². The number of imidazole rings is 1. The zero-order valence-electron chi connectivity index (χ0n) is 13.4. The maximum Gasteiger partial charge on any atom is 0.250 e.